The third-order valence-electron chi connectivity index (χ3n) is 3.04. The minimum absolute atomic E-state index is 0. The maximum absolute atomic E-state index is 5.96. The van der Waals surface area contributed by atoms with E-state index in [4.69, 9.17) is 15.2 Å². The largest absolute Gasteiger partial charge is 0.493 e. The molecular formula is C15H26IN3O2. The molecule has 1 rings (SSSR count). The van der Waals surface area contributed by atoms with E-state index in [9.17, 15) is 0 Å². The van der Waals surface area contributed by atoms with Gasteiger partial charge in [-0.25, -0.2) is 4.99 Å². The van der Waals surface area contributed by atoms with E-state index in [0.717, 1.165) is 30.2 Å². The molecule has 0 bridgehead atoms. The van der Waals surface area contributed by atoms with Crippen molar-refractivity contribution in [3.63, 3.8) is 0 Å². The lowest BCUT2D eigenvalue weighted by Gasteiger charge is -2.19. The van der Waals surface area contributed by atoms with Crippen LogP contribution in [0, 0.1) is 0 Å². The summed E-state index contributed by atoms with van der Waals surface area (Å²) in [4.78, 5) is 6.44. The normalized spacial score (nSPS) is 10.8. The summed E-state index contributed by atoms with van der Waals surface area (Å²) in [5.41, 5.74) is 7.01. The Morgan fingerprint density at radius 2 is 1.86 bits per heavy atom. The molecule has 0 aliphatic heterocycles. The quantitative estimate of drug-likeness (QED) is 0.429. The molecule has 1 aromatic carbocycles. The number of hydrogen-bond acceptors (Lipinski definition) is 3. The summed E-state index contributed by atoms with van der Waals surface area (Å²) in [5, 5.41) is 0. The number of rotatable bonds is 7. The number of aliphatic imine (C=N–C) groups is 1. The van der Waals surface area contributed by atoms with Gasteiger partial charge in [0, 0.05) is 13.1 Å². The van der Waals surface area contributed by atoms with Crippen molar-refractivity contribution in [3.05, 3.63) is 23.8 Å². The maximum Gasteiger partial charge on any atom is 0.191 e. The Kier molecular flexibility index (Phi) is 9.94. The number of halogens is 1. The zero-order valence-corrected chi connectivity index (χ0v) is 15.6. The molecule has 0 radical (unpaired) electrons. The molecule has 0 fully saturated rings. The second-order valence-electron chi connectivity index (χ2n) is 4.26. The van der Waals surface area contributed by atoms with Gasteiger partial charge >= 0.3 is 0 Å². The number of nitrogens with two attached hydrogens (primary N) is 1. The average molecular weight is 407 g/mol. The summed E-state index contributed by atoms with van der Waals surface area (Å²) in [6.07, 6.45) is 0. The molecule has 0 aliphatic rings. The first-order valence-electron chi connectivity index (χ1n) is 7.00. The van der Waals surface area contributed by atoms with Gasteiger partial charge in [0.1, 0.15) is 0 Å². The van der Waals surface area contributed by atoms with Crippen molar-refractivity contribution >= 4 is 29.9 Å². The Morgan fingerprint density at radius 1 is 1.19 bits per heavy atom. The van der Waals surface area contributed by atoms with Gasteiger partial charge in [0.15, 0.2) is 17.5 Å². The molecule has 0 spiro atoms. The molecule has 0 saturated carbocycles. The predicted molar refractivity (Wildman–Crippen MR) is 97.8 cm³/mol. The molecule has 0 aromatic heterocycles. The molecule has 0 heterocycles. The van der Waals surface area contributed by atoms with Crippen LogP contribution in [-0.4, -0.2) is 37.7 Å². The van der Waals surface area contributed by atoms with E-state index in [1.807, 2.05) is 30.0 Å². The van der Waals surface area contributed by atoms with Gasteiger partial charge in [0.25, 0.3) is 0 Å². The highest BCUT2D eigenvalue weighted by Gasteiger charge is 2.06. The Labute approximate surface area is 144 Å². The third kappa shape index (κ3) is 5.99. The summed E-state index contributed by atoms with van der Waals surface area (Å²) in [7, 11) is 1.63. The van der Waals surface area contributed by atoms with Crippen molar-refractivity contribution in [2.24, 2.45) is 10.7 Å². The van der Waals surface area contributed by atoms with Crippen LogP contribution < -0.4 is 15.2 Å². The zero-order chi connectivity index (χ0) is 15.0. The number of hydrogen-bond donors (Lipinski definition) is 1. The number of ether oxygens (including phenoxy) is 2. The van der Waals surface area contributed by atoms with E-state index in [0.29, 0.717) is 19.1 Å². The molecular weight excluding hydrogens is 381 g/mol. The second kappa shape index (κ2) is 10.5. The molecule has 120 valence electrons. The van der Waals surface area contributed by atoms with Gasteiger partial charge in [-0.1, -0.05) is 6.07 Å². The molecule has 2 N–H and O–H groups in total. The average Bonchev–Trinajstić information content (AvgIpc) is 2.47. The van der Waals surface area contributed by atoms with Crippen molar-refractivity contribution in [2.45, 2.75) is 27.3 Å². The van der Waals surface area contributed by atoms with E-state index in [-0.39, 0.29) is 24.0 Å². The van der Waals surface area contributed by atoms with E-state index in [1.54, 1.807) is 7.11 Å². The summed E-state index contributed by atoms with van der Waals surface area (Å²) < 4.78 is 10.8. The van der Waals surface area contributed by atoms with Crippen molar-refractivity contribution in [2.75, 3.05) is 26.8 Å². The molecule has 0 unspecified atom stereocenters. The molecule has 1 aromatic rings. The van der Waals surface area contributed by atoms with Crippen molar-refractivity contribution in [1.29, 1.82) is 0 Å². The Balaban J connectivity index is 0.00000400. The number of benzene rings is 1. The van der Waals surface area contributed by atoms with Crippen LogP contribution in [0.5, 0.6) is 11.5 Å². The lowest BCUT2D eigenvalue weighted by Crippen LogP contribution is -2.37. The van der Waals surface area contributed by atoms with Gasteiger partial charge in [-0.15, -0.1) is 24.0 Å². The predicted octanol–water partition coefficient (Wildman–Crippen LogP) is 2.87. The van der Waals surface area contributed by atoms with Crippen LogP contribution in [0.2, 0.25) is 0 Å². The standard InChI is InChI=1S/C15H25N3O2.HI/c1-5-18(6-2)15(16)17-11-12-8-9-13(19-4)14(10-12)20-7-3;/h8-10H,5-7,11H2,1-4H3,(H2,16,17);1H. The van der Waals surface area contributed by atoms with Gasteiger partial charge in [0.2, 0.25) is 0 Å². The fourth-order valence-corrected chi connectivity index (χ4v) is 1.91. The first-order chi connectivity index (χ1) is 9.65. The van der Waals surface area contributed by atoms with Gasteiger partial charge in [-0.05, 0) is 38.5 Å². The number of methoxy groups -OCH3 is 1. The Hall–Kier alpha value is -1.18. The highest BCUT2D eigenvalue weighted by Crippen LogP contribution is 2.28. The van der Waals surface area contributed by atoms with Crippen molar-refractivity contribution in [3.8, 4) is 11.5 Å². The van der Waals surface area contributed by atoms with Gasteiger partial charge in [-0.2, -0.15) is 0 Å². The topological polar surface area (TPSA) is 60.1 Å². The highest BCUT2D eigenvalue weighted by molar-refractivity contribution is 14.0. The molecule has 21 heavy (non-hydrogen) atoms. The van der Waals surface area contributed by atoms with Crippen LogP contribution in [0.3, 0.4) is 0 Å². The molecule has 0 amide bonds. The highest BCUT2D eigenvalue weighted by atomic mass is 127. The minimum atomic E-state index is 0. The summed E-state index contributed by atoms with van der Waals surface area (Å²) >= 11 is 0. The molecule has 0 aliphatic carbocycles. The van der Waals surface area contributed by atoms with E-state index >= 15 is 0 Å². The van der Waals surface area contributed by atoms with E-state index < -0.39 is 0 Å². The Morgan fingerprint density at radius 3 is 2.38 bits per heavy atom. The molecule has 0 saturated heterocycles. The summed E-state index contributed by atoms with van der Waals surface area (Å²) in [5.74, 6) is 2.05. The maximum atomic E-state index is 5.96. The van der Waals surface area contributed by atoms with Crippen molar-refractivity contribution < 1.29 is 9.47 Å². The molecule has 6 heteroatoms. The van der Waals surface area contributed by atoms with E-state index in [2.05, 4.69) is 18.8 Å². The molecule has 0 atom stereocenters. The number of guanidine groups is 1. The van der Waals surface area contributed by atoms with E-state index in [1.165, 1.54) is 0 Å². The van der Waals surface area contributed by atoms with Crippen LogP contribution in [0.4, 0.5) is 0 Å². The van der Waals surface area contributed by atoms with Crippen LogP contribution in [0.1, 0.15) is 26.3 Å². The van der Waals surface area contributed by atoms with Crippen LogP contribution in [-0.2, 0) is 6.54 Å². The number of nitrogens with zero attached hydrogens (tertiary/aromatic N) is 2. The first-order valence-corrected chi connectivity index (χ1v) is 7.00. The Bertz CT molecular complexity index is 449. The fourth-order valence-electron chi connectivity index (χ4n) is 1.91. The summed E-state index contributed by atoms with van der Waals surface area (Å²) in [6.45, 7) is 8.93. The SMILES string of the molecule is CCOc1cc(CN=C(N)N(CC)CC)ccc1OC.I. The lowest BCUT2D eigenvalue weighted by atomic mass is 10.2. The van der Waals surface area contributed by atoms with Crippen LogP contribution in [0.25, 0.3) is 0 Å². The van der Waals surface area contributed by atoms with Gasteiger partial charge < -0.3 is 20.1 Å². The monoisotopic (exact) mass is 407 g/mol. The first kappa shape index (κ1) is 19.8. The lowest BCUT2D eigenvalue weighted by molar-refractivity contribution is 0.310. The summed E-state index contributed by atoms with van der Waals surface area (Å²) in [6, 6.07) is 5.81. The molecule has 5 nitrogen and oxygen atoms in total. The van der Waals surface area contributed by atoms with Crippen LogP contribution in [0.15, 0.2) is 23.2 Å². The fraction of sp³-hybridized carbons (Fsp3) is 0.533. The van der Waals surface area contributed by atoms with Gasteiger partial charge in [0.05, 0.1) is 20.3 Å². The smallest absolute Gasteiger partial charge is 0.191 e. The van der Waals surface area contributed by atoms with Crippen molar-refractivity contribution in [1.82, 2.24) is 4.90 Å². The van der Waals surface area contributed by atoms with Crippen LogP contribution >= 0.6 is 24.0 Å². The third-order valence-corrected chi connectivity index (χ3v) is 3.04. The minimum Gasteiger partial charge on any atom is -0.493 e. The van der Waals surface area contributed by atoms with Gasteiger partial charge in [-0.3, -0.25) is 0 Å². The zero-order valence-electron chi connectivity index (χ0n) is 13.3. The second-order valence-corrected chi connectivity index (χ2v) is 4.26.